The van der Waals surface area contributed by atoms with Crippen molar-refractivity contribution in [3.05, 3.63) is 23.7 Å². The van der Waals surface area contributed by atoms with E-state index >= 15 is 0 Å². The minimum atomic E-state index is -1.19. The number of nitrogens with one attached hydrogen (secondary N) is 1. The molecule has 1 rings (SSSR count). The van der Waals surface area contributed by atoms with Gasteiger partial charge in [0, 0.05) is 26.8 Å². The molecule has 0 unspecified atom stereocenters. The lowest BCUT2D eigenvalue weighted by Gasteiger charge is -2.15. The highest BCUT2D eigenvalue weighted by molar-refractivity contribution is 5.96. The van der Waals surface area contributed by atoms with Crippen LogP contribution >= 0.6 is 0 Å². The van der Waals surface area contributed by atoms with Crippen LogP contribution in [0.4, 0.5) is 0 Å². The van der Waals surface area contributed by atoms with Gasteiger partial charge in [-0.15, -0.1) is 0 Å². The number of carbonyl (C=O) groups is 3. The molecule has 2 N–H and O–H groups in total. The zero-order valence-electron chi connectivity index (χ0n) is 11.2. The lowest BCUT2D eigenvalue weighted by atomic mass is 10.3. The predicted molar refractivity (Wildman–Crippen MR) is 67.5 cm³/mol. The zero-order chi connectivity index (χ0) is 15.1. The first-order valence-electron chi connectivity index (χ1n) is 5.78. The number of likely N-dealkylation sites (N-methyl/N-ethyl adjacent to an activating group) is 1. The van der Waals surface area contributed by atoms with Gasteiger partial charge in [-0.1, -0.05) is 0 Å². The quantitative estimate of drug-likeness (QED) is 0.672. The molecule has 110 valence electrons. The van der Waals surface area contributed by atoms with Gasteiger partial charge >= 0.3 is 5.97 Å². The molecule has 0 saturated carbocycles. The summed E-state index contributed by atoms with van der Waals surface area (Å²) in [6, 6.07) is 1.12. The normalized spacial score (nSPS) is 10.1. The van der Waals surface area contributed by atoms with Crippen molar-refractivity contribution in [3.63, 3.8) is 0 Å². The highest BCUT2D eigenvalue weighted by Gasteiger charge is 2.19. The standard InChI is InChI=1S/C12H16N2O6/c1-14(6-10(15)13-3-4-19-2)11(16)9-5-8(7-20-9)12(17)18/h5,7H,3-4,6H2,1-2H3,(H,13,15)(H,17,18). The minimum absolute atomic E-state index is 0.119. The molecule has 2 amide bonds. The second-order valence-electron chi connectivity index (χ2n) is 4.01. The fraction of sp³-hybridized carbons (Fsp3) is 0.417. The van der Waals surface area contributed by atoms with Gasteiger partial charge in [-0.05, 0) is 0 Å². The van der Waals surface area contributed by atoms with Crippen molar-refractivity contribution >= 4 is 17.8 Å². The summed E-state index contributed by atoms with van der Waals surface area (Å²) in [4.78, 5) is 35.2. The van der Waals surface area contributed by atoms with E-state index in [4.69, 9.17) is 14.3 Å². The number of methoxy groups -OCH3 is 1. The van der Waals surface area contributed by atoms with Crippen LogP contribution < -0.4 is 5.32 Å². The molecule has 8 heteroatoms. The fourth-order valence-electron chi connectivity index (χ4n) is 1.38. The Labute approximate surface area is 115 Å². The lowest BCUT2D eigenvalue weighted by Crippen LogP contribution is -2.39. The summed E-state index contributed by atoms with van der Waals surface area (Å²) in [6.07, 6.45) is 0.974. The summed E-state index contributed by atoms with van der Waals surface area (Å²) in [5, 5.41) is 11.3. The molecule has 0 bridgehead atoms. The lowest BCUT2D eigenvalue weighted by molar-refractivity contribution is -0.121. The van der Waals surface area contributed by atoms with Crippen LogP contribution in [0.2, 0.25) is 0 Å². The van der Waals surface area contributed by atoms with E-state index in [1.165, 1.54) is 14.2 Å². The number of nitrogens with zero attached hydrogens (tertiary/aromatic N) is 1. The van der Waals surface area contributed by atoms with Crippen molar-refractivity contribution in [1.82, 2.24) is 10.2 Å². The summed E-state index contributed by atoms with van der Waals surface area (Å²) in [7, 11) is 2.93. The third-order valence-corrected chi connectivity index (χ3v) is 2.41. The van der Waals surface area contributed by atoms with Crippen LogP contribution in [0.1, 0.15) is 20.9 Å². The number of rotatable bonds is 7. The van der Waals surface area contributed by atoms with Crippen LogP contribution in [-0.2, 0) is 9.53 Å². The molecule has 1 aromatic heterocycles. The second-order valence-corrected chi connectivity index (χ2v) is 4.01. The number of hydrogen-bond donors (Lipinski definition) is 2. The van der Waals surface area contributed by atoms with E-state index in [9.17, 15) is 14.4 Å². The summed E-state index contributed by atoms with van der Waals surface area (Å²) in [5.74, 6) is -2.23. The molecule has 8 nitrogen and oxygen atoms in total. The molecule has 1 heterocycles. The first-order chi connectivity index (χ1) is 9.45. The Hall–Kier alpha value is -2.35. The first-order valence-corrected chi connectivity index (χ1v) is 5.78. The maximum Gasteiger partial charge on any atom is 0.338 e. The van der Waals surface area contributed by atoms with E-state index in [0.29, 0.717) is 13.2 Å². The van der Waals surface area contributed by atoms with Gasteiger partial charge in [0.2, 0.25) is 5.91 Å². The highest BCUT2D eigenvalue weighted by atomic mass is 16.5. The van der Waals surface area contributed by atoms with Crippen LogP contribution in [0.25, 0.3) is 0 Å². The average Bonchev–Trinajstić information content (AvgIpc) is 2.87. The summed E-state index contributed by atoms with van der Waals surface area (Å²) in [5.41, 5.74) is -0.119. The maximum absolute atomic E-state index is 11.9. The van der Waals surface area contributed by atoms with Crippen LogP contribution in [0.5, 0.6) is 0 Å². The summed E-state index contributed by atoms with van der Waals surface area (Å²) < 4.78 is 9.64. The topological polar surface area (TPSA) is 109 Å². The Bertz CT molecular complexity index is 496. The van der Waals surface area contributed by atoms with Gasteiger partial charge in [0.25, 0.3) is 5.91 Å². The largest absolute Gasteiger partial charge is 0.478 e. The Balaban J connectivity index is 2.53. The predicted octanol–water partition coefficient (Wildman–Crippen LogP) is -0.188. The van der Waals surface area contributed by atoms with Crippen molar-refractivity contribution < 1.29 is 28.6 Å². The second kappa shape index (κ2) is 7.29. The molecular formula is C12H16N2O6. The number of hydrogen-bond acceptors (Lipinski definition) is 5. The van der Waals surface area contributed by atoms with Crippen molar-refractivity contribution in [2.75, 3.05) is 33.9 Å². The van der Waals surface area contributed by atoms with E-state index in [1.54, 1.807) is 0 Å². The number of furan rings is 1. The molecule has 0 aromatic carbocycles. The highest BCUT2D eigenvalue weighted by Crippen LogP contribution is 2.09. The molecule has 1 aromatic rings. The number of carboxylic acid groups (broad SMARTS) is 1. The fourth-order valence-corrected chi connectivity index (χ4v) is 1.38. The third kappa shape index (κ3) is 4.39. The van der Waals surface area contributed by atoms with E-state index in [-0.39, 0.29) is 23.8 Å². The summed E-state index contributed by atoms with van der Waals surface area (Å²) >= 11 is 0. The van der Waals surface area contributed by atoms with E-state index in [1.807, 2.05) is 0 Å². The smallest absolute Gasteiger partial charge is 0.338 e. The van der Waals surface area contributed by atoms with E-state index < -0.39 is 11.9 Å². The van der Waals surface area contributed by atoms with E-state index in [0.717, 1.165) is 17.2 Å². The molecule has 0 aliphatic carbocycles. The van der Waals surface area contributed by atoms with Crippen LogP contribution in [0, 0.1) is 0 Å². The number of carboxylic acids is 1. The van der Waals surface area contributed by atoms with Crippen LogP contribution in [0.15, 0.2) is 16.7 Å². The summed E-state index contributed by atoms with van der Waals surface area (Å²) in [6.45, 7) is 0.566. The van der Waals surface area contributed by atoms with Gasteiger partial charge in [0.05, 0.1) is 18.7 Å². The minimum Gasteiger partial charge on any atom is -0.478 e. The molecule has 0 saturated heterocycles. The van der Waals surface area contributed by atoms with Gasteiger partial charge in [-0.2, -0.15) is 0 Å². The molecule has 0 radical (unpaired) electrons. The van der Waals surface area contributed by atoms with Crippen molar-refractivity contribution in [2.45, 2.75) is 0 Å². The molecular weight excluding hydrogens is 268 g/mol. The van der Waals surface area contributed by atoms with Crippen molar-refractivity contribution in [1.29, 1.82) is 0 Å². The average molecular weight is 284 g/mol. The molecule has 0 fully saturated rings. The maximum atomic E-state index is 11.9. The van der Waals surface area contributed by atoms with Gasteiger partial charge < -0.3 is 24.5 Å². The third-order valence-electron chi connectivity index (χ3n) is 2.41. The van der Waals surface area contributed by atoms with Gasteiger partial charge in [-0.25, -0.2) is 4.79 Å². The number of ether oxygens (including phenoxy) is 1. The van der Waals surface area contributed by atoms with Gasteiger partial charge in [0.15, 0.2) is 5.76 Å². The number of carbonyl (C=O) groups excluding carboxylic acids is 2. The van der Waals surface area contributed by atoms with Crippen molar-refractivity contribution in [2.24, 2.45) is 0 Å². The molecule has 20 heavy (non-hydrogen) atoms. The number of aromatic carboxylic acids is 1. The van der Waals surface area contributed by atoms with Crippen molar-refractivity contribution in [3.8, 4) is 0 Å². The zero-order valence-corrected chi connectivity index (χ0v) is 11.2. The monoisotopic (exact) mass is 284 g/mol. The Kier molecular flexibility index (Phi) is 5.73. The van der Waals surface area contributed by atoms with Gasteiger partial charge in [0.1, 0.15) is 6.26 Å². The SMILES string of the molecule is COCCNC(=O)CN(C)C(=O)c1cc(C(=O)O)co1. The van der Waals surface area contributed by atoms with Gasteiger partial charge in [-0.3, -0.25) is 9.59 Å². The first kappa shape index (κ1) is 15.7. The molecule has 0 atom stereocenters. The molecule has 0 spiro atoms. The molecule has 0 aliphatic heterocycles. The molecule has 0 aliphatic rings. The number of amides is 2. The Morgan fingerprint density at radius 1 is 1.45 bits per heavy atom. The Morgan fingerprint density at radius 2 is 2.15 bits per heavy atom. The van der Waals surface area contributed by atoms with E-state index in [2.05, 4.69) is 5.32 Å². The van der Waals surface area contributed by atoms with Crippen LogP contribution in [0.3, 0.4) is 0 Å². The Morgan fingerprint density at radius 3 is 2.70 bits per heavy atom. The van der Waals surface area contributed by atoms with Crippen LogP contribution in [-0.4, -0.2) is 61.6 Å².